The van der Waals surface area contributed by atoms with Crippen molar-refractivity contribution in [2.45, 2.75) is 43.7 Å². The molecule has 0 bridgehead atoms. The Kier molecular flexibility index (Phi) is 8.00. The maximum absolute atomic E-state index is 14.2. The topological polar surface area (TPSA) is 158 Å². The second-order valence-corrected chi connectivity index (χ2v) is 12.9. The molecule has 2 unspecified atom stereocenters. The maximum Gasteiger partial charge on any atom is 0.235 e. The normalized spacial score (nSPS) is 28.4. The molecule has 11 heteroatoms. The van der Waals surface area contributed by atoms with Gasteiger partial charge in [0, 0.05) is 30.7 Å². The molecule has 2 fully saturated rings. The van der Waals surface area contributed by atoms with Crippen molar-refractivity contribution in [1.29, 1.82) is 0 Å². The number of likely N-dealkylation sites (N-methyl/N-ethyl adjacent to an activating group) is 1. The van der Waals surface area contributed by atoms with Crippen molar-refractivity contribution in [1.82, 2.24) is 4.90 Å². The summed E-state index contributed by atoms with van der Waals surface area (Å²) in [5.74, 6) is -10.4. The van der Waals surface area contributed by atoms with E-state index in [1.165, 1.54) is 4.90 Å². The van der Waals surface area contributed by atoms with E-state index in [1.54, 1.807) is 14.1 Å². The van der Waals surface area contributed by atoms with E-state index in [-0.39, 0.29) is 24.2 Å². The summed E-state index contributed by atoms with van der Waals surface area (Å²) in [6.07, 6.45) is 2.07. The second-order valence-electron chi connectivity index (χ2n) is 12.4. The minimum atomic E-state index is -2.74. The highest BCUT2D eigenvalue weighted by atomic mass is 35.5. The van der Waals surface area contributed by atoms with E-state index < -0.39 is 64.4 Å². The molecule has 3 aliphatic rings. The third-order valence-corrected chi connectivity index (χ3v) is 9.68. The molecule has 0 spiro atoms. The number of anilines is 1. The average Bonchev–Trinajstić information content (AvgIpc) is 2.92. The van der Waals surface area contributed by atoms with Crippen LogP contribution in [0, 0.1) is 23.7 Å². The molecule has 6 atom stereocenters. The van der Waals surface area contributed by atoms with Gasteiger partial charge >= 0.3 is 0 Å². The number of phenolic OH excluding ortho intramolecular Hbond substituents is 1. The van der Waals surface area contributed by atoms with Gasteiger partial charge in [-0.2, -0.15) is 0 Å². The predicted octanol–water partition coefficient (Wildman–Crippen LogP) is 1.76. The monoisotopic (exact) mass is 609 g/mol. The standard InChI is InChI=1S/C32H36ClN3O7/c1-35(2)21-14-16(7-5-6-15-8-10-18(33)11-9-15)26(37)23-19(21)12-17-13-20-25(36(3)4)28(39)24(31(34)42)30(41)32(20,43)29(40)22(17)27(23)38/h8-11,14,17,20,22,24-25,37,43H,5-7,12-13H2,1-4H3,(H2,34,42)/t17-,20-,22?,24?,25-,32-/m0/s1. The lowest BCUT2D eigenvalue weighted by molar-refractivity contribution is -0.181. The highest BCUT2D eigenvalue weighted by Gasteiger charge is 2.69. The van der Waals surface area contributed by atoms with Gasteiger partial charge in [-0.3, -0.25) is 28.9 Å². The van der Waals surface area contributed by atoms with Crippen LogP contribution in [0.1, 0.15) is 39.9 Å². The summed E-state index contributed by atoms with van der Waals surface area (Å²) in [5.41, 5.74) is 5.59. The number of phenols is 1. The number of fused-ring (bicyclic) bond motifs is 3. The lowest BCUT2D eigenvalue weighted by Gasteiger charge is -2.52. The number of carbonyl (C=O) groups excluding carboxylic acids is 5. The number of rotatable bonds is 7. The summed E-state index contributed by atoms with van der Waals surface area (Å²) in [7, 11) is 6.78. The van der Waals surface area contributed by atoms with Crippen LogP contribution in [0.25, 0.3) is 0 Å². The van der Waals surface area contributed by atoms with Crippen molar-refractivity contribution in [3.8, 4) is 5.75 Å². The van der Waals surface area contributed by atoms with Crippen LogP contribution in [0.4, 0.5) is 5.69 Å². The fourth-order valence-electron chi connectivity index (χ4n) is 7.43. The van der Waals surface area contributed by atoms with Gasteiger partial charge in [-0.1, -0.05) is 23.7 Å². The number of halogens is 1. The van der Waals surface area contributed by atoms with Crippen LogP contribution in [0.2, 0.25) is 5.02 Å². The molecule has 10 nitrogen and oxygen atoms in total. The van der Waals surface area contributed by atoms with Crippen LogP contribution in [0.5, 0.6) is 5.75 Å². The number of aromatic hydroxyl groups is 1. The molecule has 43 heavy (non-hydrogen) atoms. The quantitative estimate of drug-likeness (QED) is 0.398. The van der Waals surface area contributed by atoms with Gasteiger partial charge in [-0.25, -0.2) is 0 Å². The average molecular weight is 610 g/mol. The summed E-state index contributed by atoms with van der Waals surface area (Å²) in [6, 6.07) is 8.21. The van der Waals surface area contributed by atoms with Crippen molar-refractivity contribution < 1.29 is 34.2 Å². The molecule has 1 amide bonds. The van der Waals surface area contributed by atoms with E-state index in [1.807, 2.05) is 49.3 Å². The van der Waals surface area contributed by atoms with E-state index in [0.29, 0.717) is 35.4 Å². The molecule has 228 valence electrons. The van der Waals surface area contributed by atoms with Gasteiger partial charge in [0.05, 0.1) is 17.5 Å². The number of ketones is 4. The summed E-state index contributed by atoms with van der Waals surface area (Å²) in [4.78, 5) is 70.5. The number of nitrogens with two attached hydrogens (primary N) is 1. The van der Waals surface area contributed by atoms with Crippen LogP contribution in [0.15, 0.2) is 30.3 Å². The number of nitrogens with zero attached hydrogens (tertiary/aromatic N) is 2. The van der Waals surface area contributed by atoms with Crippen LogP contribution >= 0.6 is 11.6 Å². The molecular weight excluding hydrogens is 574 g/mol. The van der Waals surface area contributed by atoms with E-state index >= 15 is 0 Å². The van der Waals surface area contributed by atoms with Crippen molar-refractivity contribution in [3.05, 3.63) is 57.6 Å². The van der Waals surface area contributed by atoms with E-state index in [9.17, 15) is 34.2 Å². The van der Waals surface area contributed by atoms with Gasteiger partial charge < -0.3 is 20.8 Å². The Morgan fingerprint density at radius 2 is 1.70 bits per heavy atom. The summed E-state index contributed by atoms with van der Waals surface area (Å²) < 4.78 is 0. The first-order chi connectivity index (χ1) is 20.2. The third kappa shape index (κ3) is 4.85. The third-order valence-electron chi connectivity index (χ3n) is 9.42. The molecule has 3 aliphatic carbocycles. The summed E-state index contributed by atoms with van der Waals surface area (Å²) >= 11 is 5.99. The highest BCUT2D eigenvalue weighted by molar-refractivity contribution is 6.32. The number of carbonyl (C=O) groups is 5. The van der Waals surface area contributed by atoms with E-state index in [0.717, 1.165) is 11.3 Å². The molecule has 5 rings (SSSR count). The first-order valence-corrected chi connectivity index (χ1v) is 14.7. The Labute approximate surface area is 254 Å². The Morgan fingerprint density at radius 3 is 2.28 bits per heavy atom. The minimum absolute atomic E-state index is 0.0132. The van der Waals surface area contributed by atoms with Crippen LogP contribution < -0.4 is 10.6 Å². The smallest absolute Gasteiger partial charge is 0.235 e. The first kappa shape index (κ1) is 30.8. The molecule has 0 aromatic heterocycles. The fraction of sp³-hybridized carbons (Fsp3) is 0.469. The van der Waals surface area contributed by atoms with Crippen LogP contribution in [-0.4, -0.2) is 84.0 Å². The number of aliphatic hydroxyl groups is 1. The Bertz CT molecular complexity index is 1540. The van der Waals surface area contributed by atoms with Crippen LogP contribution in [-0.2, 0) is 38.4 Å². The zero-order valence-corrected chi connectivity index (χ0v) is 25.4. The molecule has 2 saturated carbocycles. The largest absolute Gasteiger partial charge is 0.507 e. The minimum Gasteiger partial charge on any atom is -0.507 e. The second kappa shape index (κ2) is 11.2. The number of benzene rings is 2. The summed E-state index contributed by atoms with van der Waals surface area (Å²) in [6.45, 7) is 0. The fourth-order valence-corrected chi connectivity index (χ4v) is 7.56. The van der Waals surface area contributed by atoms with E-state index in [4.69, 9.17) is 17.3 Å². The lowest BCUT2D eigenvalue weighted by Crippen LogP contribution is -2.74. The number of amides is 1. The van der Waals surface area contributed by atoms with Gasteiger partial charge in [-0.15, -0.1) is 0 Å². The Balaban J connectivity index is 1.54. The number of primary amides is 1. The zero-order chi connectivity index (χ0) is 31.5. The predicted molar refractivity (Wildman–Crippen MR) is 159 cm³/mol. The Morgan fingerprint density at radius 1 is 1.05 bits per heavy atom. The van der Waals surface area contributed by atoms with Crippen LogP contribution in [0.3, 0.4) is 0 Å². The molecule has 2 aromatic rings. The summed E-state index contributed by atoms with van der Waals surface area (Å²) in [5, 5.41) is 23.8. The van der Waals surface area contributed by atoms with Gasteiger partial charge in [0.1, 0.15) is 5.75 Å². The van der Waals surface area contributed by atoms with E-state index in [2.05, 4.69) is 0 Å². The molecule has 2 aromatic carbocycles. The van der Waals surface area contributed by atoms with Gasteiger partial charge in [0.25, 0.3) is 0 Å². The zero-order valence-electron chi connectivity index (χ0n) is 24.6. The molecular formula is C32H36ClN3O7. The number of hydrogen-bond donors (Lipinski definition) is 3. The number of hydrogen-bond acceptors (Lipinski definition) is 9. The molecule has 0 saturated heterocycles. The van der Waals surface area contributed by atoms with Gasteiger partial charge in [0.15, 0.2) is 34.7 Å². The van der Waals surface area contributed by atoms with Crippen molar-refractivity contribution >= 4 is 46.3 Å². The maximum atomic E-state index is 14.2. The SMILES string of the molecule is CN(C)c1cc(CCCc2ccc(Cl)cc2)c(O)c2c1C[C@H]1C[C@H]3[C@H](N(C)C)C(=O)C(C(N)=O)C(=O)[C@@]3(O)C(=O)C1C2=O. The molecule has 0 aliphatic heterocycles. The molecule has 0 heterocycles. The molecule has 4 N–H and O–H groups in total. The van der Waals surface area contributed by atoms with Crippen molar-refractivity contribution in [3.63, 3.8) is 0 Å². The van der Waals surface area contributed by atoms with Crippen molar-refractivity contribution in [2.24, 2.45) is 29.4 Å². The first-order valence-electron chi connectivity index (χ1n) is 14.3. The lowest BCUT2D eigenvalue weighted by atomic mass is 9.52. The highest BCUT2D eigenvalue weighted by Crippen LogP contribution is 2.52. The molecule has 0 radical (unpaired) electrons. The van der Waals surface area contributed by atoms with Gasteiger partial charge in [0.2, 0.25) is 5.91 Å². The number of Topliss-reactive ketones (excluding diaryl/α,β-unsaturated/α-hetero) is 4. The number of aryl methyl sites for hydroxylation is 2. The van der Waals surface area contributed by atoms with Gasteiger partial charge in [-0.05, 0) is 87.0 Å². The van der Waals surface area contributed by atoms with Crippen molar-refractivity contribution in [2.75, 3.05) is 33.1 Å². The Hall–Kier alpha value is -3.60.